The fourth-order valence-electron chi connectivity index (χ4n) is 4.59. The van der Waals surface area contributed by atoms with Gasteiger partial charge in [0.05, 0.1) is 5.54 Å². The summed E-state index contributed by atoms with van der Waals surface area (Å²) >= 11 is 0. The molecule has 0 saturated carbocycles. The second kappa shape index (κ2) is 6.09. The zero-order valence-corrected chi connectivity index (χ0v) is 16.9. The molecule has 0 aromatic heterocycles. The fourth-order valence-corrected chi connectivity index (χ4v) is 4.59. The Bertz CT molecular complexity index is 961. The van der Waals surface area contributed by atoms with Crippen molar-refractivity contribution in [3.63, 3.8) is 0 Å². The molecule has 2 heterocycles. The van der Waals surface area contributed by atoms with Crippen molar-refractivity contribution < 1.29 is 19.1 Å². The summed E-state index contributed by atoms with van der Waals surface area (Å²) < 4.78 is 11.5. The molecule has 2 aliphatic rings. The molecule has 5 nitrogen and oxygen atoms in total. The van der Waals surface area contributed by atoms with Gasteiger partial charge in [-0.3, -0.25) is 9.69 Å². The van der Waals surface area contributed by atoms with E-state index in [1.807, 2.05) is 76.2 Å². The summed E-state index contributed by atoms with van der Waals surface area (Å²) in [5, 5.41) is 0. The predicted molar refractivity (Wildman–Crippen MR) is 105 cm³/mol. The number of benzene rings is 2. The summed E-state index contributed by atoms with van der Waals surface area (Å²) in [4.78, 5) is 27.0. The van der Waals surface area contributed by atoms with Crippen LogP contribution in [0.15, 0.2) is 48.5 Å². The Kier molecular flexibility index (Phi) is 4.03. The van der Waals surface area contributed by atoms with Crippen molar-refractivity contribution in [1.82, 2.24) is 4.90 Å². The average Bonchev–Trinajstić information content (AvgIpc) is 2.84. The second-order valence-corrected chi connectivity index (χ2v) is 8.57. The van der Waals surface area contributed by atoms with Gasteiger partial charge < -0.3 is 9.47 Å². The number of rotatable bonds is 1. The van der Waals surface area contributed by atoms with Crippen LogP contribution in [0.2, 0.25) is 0 Å². The largest absolute Gasteiger partial charge is 0.455 e. The molecule has 28 heavy (non-hydrogen) atoms. The maximum atomic E-state index is 13.4. The van der Waals surface area contributed by atoms with Crippen molar-refractivity contribution in [2.24, 2.45) is 0 Å². The molecule has 0 N–H and O–H groups in total. The third kappa shape index (κ3) is 2.60. The zero-order valence-electron chi connectivity index (χ0n) is 16.9. The molecular formula is C23H25NO4. The van der Waals surface area contributed by atoms with Crippen LogP contribution in [0.25, 0.3) is 0 Å². The standard InChI is InChI=1S/C23H25NO4/c1-14(25)27-20-16-11-7-9-13-18(16)23(5)17-12-8-6-10-15(17)19(20)24(23)21(26)28-22(2,3)4/h6-13,19-20H,1-5H3. The van der Waals surface area contributed by atoms with E-state index in [1.54, 1.807) is 4.90 Å². The van der Waals surface area contributed by atoms with Gasteiger partial charge in [0.25, 0.3) is 0 Å². The summed E-state index contributed by atoms with van der Waals surface area (Å²) in [7, 11) is 0. The van der Waals surface area contributed by atoms with Gasteiger partial charge >= 0.3 is 12.1 Å². The molecule has 0 radical (unpaired) electrons. The summed E-state index contributed by atoms with van der Waals surface area (Å²) in [5.41, 5.74) is 2.57. The number of nitrogens with zero attached hydrogens (tertiary/aromatic N) is 1. The number of amides is 1. The number of hydrogen-bond acceptors (Lipinski definition) is 4. The fraction of sp³-hybridized carbons (Fsp3) is 0.391. The van der Waals surface area contributed by atoms with Crippen molar-refractivity contribution >= 4 is 12.1 Å². The first-order valence-electron chi connectivity index (χ1n) is 9.53. The molecule has 3 unspecified atom stereocenters. The number of ether oxygens (including phenoxy) is 2. The summed E-state index contributed by atoms with van der Waals surface area (Å²) in [6.45, 7) is 8.99. The van der Waals surface area contributed by atoms with Crippen LogP contribution >= 0.6 is 0 Å². The van der Waals surface area contributed by atoms with E-state index in [4.69, 9.17) is 9.47 Å². The second-order valence-electron chi connectivity index (χ2n) is 8.57. The number of hydrogen-bond donors (Lipinski definition) is 0. The lowest BCUT2D eigenvalue weighted by Gasteiger charge is -2.47. The summed E-state index contributed by atoms with van der Waals surface area (Å²) in [6.07, 6.45) is -0.999. The number of carbonyl (C=O) groups is 2. The lowest BCUT2D eigenvalue weighted by Crippen LogP contribution is -2.52. The van der Waals surface area contributed by atoms with E-state index in [-0.39, 0.29) is 5.97 Å². The molecule has 146 valence electrons. The smallest absolute Gasteiger partial charge is 0.411 e. The van der Waals surface area contributed by atoms with E-state index in [0.717, 1.165) is 22.3 Å². The molecular weight excluding hydrogens is 354 g/mol. The number of esters is 1. The molecule has 4 rings (SSSR count). The Labute approximate surface area is 165 Å². The van der Waals surface area contributed by atoms with Gasteiger partial charge in [-0.25, -0.2) is 4.79 Å². The van der Waals surface area contributed by atoms with Gasteiger partial charge in [0, 0.05) is 12.5 Å². The lowest BCUT2D eigenvalue weighted by molar-refractivity contribution is -0.152. The minimum absolute atomic E-state index is 0.378. The molecule has 0 aliphatic carbocycles. The summed E-state index contributed by atoms with van der Waals surface area (Å²) in [6, 6.07) is 15.4. The maximum Gasteiger partial charge on any atom is 0.411 e. The van der Waals surface area contributed by atoms with Crippen molar-refractivity contribution in [3.8, 4) is 0 Å². The molecule has 0 spiro atoms. The van der Waals surface area contributed by atoms with Crippen LogP contribution in [0, 0.1) is 0 Å². The number of carbonyl (C=O) groups excluding carboxylic acids is 2. The highest BCUT2D eigenvalue weighted by molar-refractivity contribution is 5.76. The van der Waals surface area contributed by atoms with Gasteiger partial charge in [0.2, 0.25) is 0 Å². The Hall–Kier alpha value is -2.82. The van der Waals surface area contributed by atoms with Crippen molar-refractivity contribution in [1.29, 1.82) is 0 Å². The lowest BCUT2D eigenvalue weighted by atomic mass is 9.80. The van der Waals surface area contributed by atoms with Crippen LogP contribution in [0.5, 0.6) is 0 Å². The SMILES string of the molecule is CC(=O)OC1c2ccccc2C2(C)c3ccccc3C1N2C(=O)OC(C)(C)C. The third-order valence-electron chi connectivity index (χ3n) is 5.53. The number of fused-ring (bicyclic) bond motifs is 7. The van der Waals surface area contributed by atoms with Crippen LogP contribution in [0.3, 0.4) is 0 Å². The van der Waals surface area contributed by atoms with E-state index in [9.17, 15) is 9.59 Å². The van der Waals surface area contributed by atoms with Gasteiger partial charge in [0.15, 0.2) is 6.10 Å². The molecule has 2 bridgehead atoms. The summed E-state index contributed by atoms with van der Waals surface area (Å²) in [5.74, 6) is -0.378. The highest BCUT2D eigenvalue weighted by atomic mass is 16.6. The van der Waals surface area contributed by atoms with E-state index in [1.165, 1.54) is 6.92 Å². The monoisotopic (exact) mass is 379 g/mol. The highest BCUT2D eigenvalue weighted by Crippen LogP contribution is 2.60. The molecule has 0 fully saturated rings. The molecule has 3 atom stereocenters. The van der Waals surface area contributed by atoms with E-state index in [0.29, 0.717) is 0 Å². The first kappa shape index (κ1) is 18.5. The Morgan fingerprint density at radius 1 is 0.964 bits per heavy atom. The van der Waals surface area contributed by atoms with E-state index >= 15 is 0 Å². The van der Waals surface area contributed by atoms with Crippen LogP contribution in [0.4, 0.5) is 4.79 Å². The van der Waals surface area contributed by atoms with Crippen molar-refractivity contribution in [2.75, 3.05) is 0 Å². The molecule has 2 aromatic carbocycles. The molecule has 0 saturated heterocycles. The minimum Gasteiger partial charge on any atom is -0.455 e. The van der Waals surface area contributed by atoms with Gasteiger partial charge in [-0.15, -0.1) is 0 Å². The minimum atomic E-state index is -0.698. The predicted octanol–water partition coefficient (Wildman–Crippen LogP) is 4.86. The van der Waals surface area contributed by atoms with Crippen LogP contribution in [-0.2, 0) is 19.8 Å². The molecule has 5 heteroatoms. The first-order valence-corrected chi connectivity index (χ1v) is 9.53. The zero-order chi connectivity index (χ0) is 20.3. The quantitative estimate of drug-likeness (QED) is 0.664. The van der Waals surface area contributed by atoms with Crippen molar-refractivity contribution in [2.45, 2.75) is 57.9 Å². The molecule has 2 aliphatic heterocycles. The highest BCUT2D eigenvalue weighted by Gasteiger charge is 2.59. The Balaban J connectivity index is 1.97. The Morgan fingerprint density at radius 2 is 1.50 bits per heavy atom. The van der Waals surface area contributed by atoms with Crippen LogP contribution in [0.1, 0.15) is 69.0 Å². The topological polar surface area (TPSA) is 55.8 Å². The van der Waals surface area contributed by atoms with Gasteiger partial charge in [-0.2, -0.15) is 0 Å². The Morgan fingerprint density at radius 3 is 2.07 bits per heavy atom. The van der Waals surface area contributed by atoms with Crippen molar-refractivity contribution in [3.05, 3.63) is 70.8 Å². The van der Waals surface area contributed by atoms with Gasteiger partial charge in [-0.1, -0.05) is 48.5 Å². The van der Waals surface area contributed by atoms with E-state index in [2.05, 4.69) is 0 Å². The van der Waals surface area contributed by atoms with E-state index < -0.39 is 29.4 Å². The average molecular weight is 379 g/mol. The van der Waals surface area contributed by atoms with Crippen LogP contribution in [-0.4, -0.2) is 22.6 Å². The van der Waals surface area contributed by atoms with Gasteiger partial charge in [0.1, 0.15) is 11.6 Å². The molecule has 1 amide bonds. The van der Waals surface area contributed by atoms with Gasteiger partial charge in [-0.05, 0) is 44.4 Å². The third-order valence-corrected chi connectivity index (χ3v) is 5.53. The maximum absolute atomic E-state index is 13.4. The first-order chi connectivity index (χ1) is 13.1. The van der Waals surface area contributed by atoms with Crippen LogP contribution < -0.4 is 0 Å². The molecule has 2 aromatic rings. The normalized spacial score (nSPS) is 25.0.